The van der Waals surface area contributed by atoms with Crippen LogP contribution in [0, 0.1) is 0 Å². The number of hydrogen-bond acceptors (Lipinski definition) is 5. The van der Waals surface area contributed by atoms with Crippen molar-refractivity contribution >= 4 is 17.8 Å². The van der Waals surface area contributed by atoms with Crippen LogP contribution in [0.2, 0.25) is 0 Å². The smallest absolute Gasteiger partial charge is 0.405 e. The van der Waals surface area contributed by atoms with Crippen LogP contribution in [0.1, 0.15) is 18.1 Å². The molecular weight excluding hydrogens is 400 g/mol. The van der Waals surface area contributed by atoms with Gasteiger partial charge in [-0.3, -0.25) is 9.59 Å². The normalized spacial score (nSPS) is 19.0. The average Bonchev–Trinajstić information content (AvgIpc) is 3.51. The molecule has 1 aliphatic heterocycles. The number of carbonyl (C=O) groups is 3. The van der Waals surface area contributed by atoms with E-state index in [1.807, 2.05) is 30.3 Å². The molecule has 164 valence electrons. The Balaban J connectivity index is 1.76. The molecule has 1 fully saturated rings. The van der Waals surface area contributed by atoms with Crippen molar-refractivity contribution in [3.63, 3.8) is 0 Å². The SMILES string of the molecule is COc1ccc(C[C@H](NC(=O)O)C(=O)N[C@@H](Cc2ccccc2)C(=O)[C@]2(C)CO2)cc1. The Morgan fingerprint density at radius 3 is 2.13 bits per heavy atom. The maximum Gasteiger partial charge on any atom is 0.405 e. The number of Topliss-reactive ketones (excluding diaryl/α,β-unsaturated/α-hetero) is 1. The van der Waals surface area contributed by atoms with Gasteiger partial charge < -0.3 is 25.2 Å². The van der Waals surface area contributed by atoms with Crippen LogP contribution in [0.3, 0.4) is 0 Å². The third-order valence-electron chi connectivity index (χ3n) is 5.23. The van der Waals surface area contributed by atoms with Crippen molar-refractivity contribution < 1.29 is 29.0 Å². The molecule has 0 saturated carbocycles. The van der Waals surface area contributed by atoms with Crippen LogP contribution in [-0.4, -0.2) is 54.3 Å². The number of carboxylic acid groups (broad SMARTS) is 1. The first-order valence-electron chi connectivity index (χ1n) is 9.96. The first-order chi connectivity index (χ1) is 14.8. The summed E-state index contributed by atoms with van der Waals surface area (Å²) >= 11 is 0. The van der Waals surface area contributed by atoms with Crippen molar-refractivity contribution in [2.45, 2.75) is 37.5 Å². The molecule has 3 N–H and O–H groups in total. The highest BCUT2D eigenvalue weighted by molar-refractivity contribution is 5.97. The molecular formula is C23H26N2O6. The molecule has 0 unspecified atom stereocenters. The van der Waals surface area contributed by atoms with E-state index in [4.69, 9.17) is 9.47 Å². The molecule has 1 aliphatic rings. The summed E-state index contributed by atoms with van der Waals surface area (Å²) in [7, 11) is 1.55. The second kappa shape index (κ2) is 9.61. The minimum atomic E-state index is -1.32. The van der Waals surface area contributed by atoms with E-state index < -0.39 is 29.7 Å². The zero-order valence-electron chi connectivity index (χ0n) is 17.5. The number of amides is 2. The Hall–Kier alpha value is -3.39. The number of hydrogen-bond donors (Lipinski definition) is 3. The summed E-state index contributed by atoms with van der Waals surface area (Å²) < 4.78 is 10.4. The highest BCUT2D eigenvalue weighted by atomic mass is 16.6. The first-order valence-corrected chi connectivity index (χ1v) is 9.96. The van der Waals surface area contributed by atoms with Crippen LogP contribution in [-0.2, 0) is 27.2 Å². The highest BCUT2D eigenvalue weighted by Gasteiger charge is 2.50. The first kappa shape index (κ1) is 22.3. The standard InChI is InChI=1S/C23H26N2O6/c1-23(14-31-23)20(26)18(12-15-6-4-3-5-7-15)24-21(27)19(25-22(28)29)13-16-8-10-17(30-2)11-9-16/h3-11,18-19,25H,12-14H2,1-2H3,(H,24,27)(H,28,29)/t18-,19-,23-/m0/s1. The summed E-state index contributed by atoms with van der Waals surface area (Å²) in [5, 5.41) is 14.2. The van der Waals surface area contributed by atoms with Crippen molar-refractivity contribution in [2.75, 3.05) is 13.7 Å². The molecule has 1 saturated heterocycles. The molecule has 0 radical (unpaired) electrons. The van der Waals surface area contributed by atoms with Gasteiger partial charge in [-0.2, -0.15) is 0 Å². The van der Waals surface area contributed by atoms with E-state index in [-0.39, 0.29) is 18.6 Å². The molecule has 0 spiro atoms. The summed E-state index contributed by atoms with van der Waals surface area (Å²) in [6.45, 7) is 1.99. The number of benzene rings is 2. The lowest BCUT2D eigenvalue weighted by Gasteiger charge is -2.23. The van der Waals surface area contributed by atoms with Crippen LogP contribution in [0.4, 0.5) is 4.79 Å². The largest absolute Gasteiger partial charge is 0.497 e. The number of rotatable bonds is 10. The minimum Gasteiger partial charge on any atom is -0.497 e. The summed E-state index contributed by atoms with van der Waals surface area (Å²) in [5.74, 6) is -0.151. The fraction of sp³-hybridized carbons (Fsp3) is 0.348. The molecule has 2 aromatic rings. The summed E-state index contributed by atoms with van der Waals surface area (Å²) in [6.07, 6.45) is -0.911. The van der Waals surface area contributed by atoms with E-state index in [1.54, 1.807) is 38.3 Å². The van der Waals surface area contributed by atoms with Gasteiger partial charge >= 0.3 is 6.09 Å². The molecule has 3 rings (SSSR count). The van der Waals surface area contributed by atoms with Crippen molar-refractivity contribution in [1.82, 2.24) is 10.6 Å². The number of epoxide rings is 1. The van der Waals surface area contributed by atoms with Crippen molar-refractivity contribution in [3.8, 4) is 5.75 Å². The van der Waals surface area contributed by atoms with Gasteiger partial charge in [-0.15, -0.1) is 0 Å². The van der Waals surface area contributed by atoms with E-state index >= 15 is 0 Å². The summed E-state index contributed by atoms with van der Waals surface area (Å²) in [5.41, 5.74) is 0.708. The van der Waals surface area contributed by atoms with Crippen LogP contribution in [0.15, 0.2) is 54.6 Å². The molecule has 2 amide bonds. The van der Waals surface area contributed by atoms with Crippen LogP contribution < -0.4 is 15.4 Å². The zero-order valence-corrected chi connectivity index (χ0v) is 17.5. The topological polar surface area (TPSA) is 117 Å². The predicted molar refractivity (Wildman–Crippen MR) is 113 cm³/mol. The van der Waals surface area contributed by atoms with Gasteiger partial charge in [-0.25, -0.2) is 4.79 Å². The molecule has 8 heteroatoms. The van der Waals surface area contributed by atoms with Gasteiger partial charge in [0.05, 0.1) is 19.8 Å². The molecule has 0 aliphatic carbocycles. The zero-order chi connectivity index (χ0) is 22.4. The second-order valence-electron chi connectivity index (χ2n) is 7.69. The lowest BCUT2D eigenvalue weighted by atomic mass is 9.94. The fourth-order valence-electron chi connectivity index (χ4n) is 3.31. The molecule has 31 heavy (non-hydrogen) atoms. The molecule has 2 aromatic carbocycles. The Kier molecular flexibility index (Phi) is 6.91. The molecule has 3 atom stereocenters. The minimum absolute atomic E-state index is 0.127. The Bertz CT molecular complexity index is 925. The second-order valence-corrected chi connectivity index (χ2v) is 7.69. The van der Waals surface area contributed by atoms with Gasteiger partial charge in [0, 0.05) is 6.42 Å². The Morgan fingerprint density at radius 1 is 1.00 bits per heavy atom. The summed E-state index contributed by atoms with van der Waals surface area (Å²) in [4.78, 5) is 37.2. The lowest BCUT2D eigenvalue weighted by molar-refractivity contribution is -0.131. The maximum atomic E-state index is 13.0. The van der Waals surface area contributed by atoms with Gasteiger partial charge in [0.1, 0.15) is 17.4 Å². The maximum absolute atomic E-state index is 13.0. The van der Waals surface area contributed by atoms with Crippen molar-refractivity contribution in [2.24, 2.45) is 0 Å². The number of ketones is 1. The molecule has 8 nitrogen and oxygen atoms in total. The molecule has 1 heterocycles. The van der Waals surface area contributed by atoms with Gasteiger partial charge in [0.15, 0.2) is 5.78 Å². The van der Waals surface area contributed by atoms with E-state index in [1.165, 1.54) is 0 Å². The highest BCUT2D eigenvalue weighted by Crippen LogP contribution is 2.29. The van der Waals surface area contributed by atoms with Gasteiger partial charge in [-0.1, -0.05) is 42.5 Å². The van der Waals surface area contributed by atoms with Crippen molar-refractivity contribution in [3.05, 3.63) is 65.7 Å². The number of carbonyl (C=O) groups excluding carboxylic acids is 2. The third kappa shape index (κ3) is 6.05. The number of methoxy groups -OCH3 is 1. The van der Waals surface area contributed by atoms with Gasteiger partial charge in [-0.05, 0) is 36.6 Å². The fourth-order valence-corrected chi connectivity index (χ4v) is 3.31. The predicted octanol–water partition coefficient (Wildman–Crippen LogP) is 1.96. The van der Waals surface area contributed by atoms with Crippen molar-refractivity contribution in [1.29, 1.82) is 0 Å². The van der Waals surface area contributed by atoms with Gasteiger partial charge in [0.2, 0.25) is 5.91 Å². The van der Waals surface area contributed by atoms with E-state index in [2.05, 4.69) is 10.6 Å². The molecule has 0 bridgehead atoms. The molecule has 0 aromatic heterocycles. The van der Waals surface area contributed by atoms with Crippen LogP contribution in [0.5, 0.6) is 5.75 Å². The quantitative estimate of drug-likeness (QED) is 0.500. The van der Waals surface area contributed by atoms with Crippen LogP contribution in [0.25, 0.3) is 0 Å². The van der Waals surface area contributed by atoms with E-state index in [0.29, 0.717) is 12.4 Å². The lowest BCUT2D eigenvalue weighted by Crippen LogP contribution is -2.54. The van der Waals surface area contributed by atoms with E-state index in [0.717, 1.165) is 11.1 Å². The van der Waals surface area contributed by atoms with Gasteiger partial charge in [0.25, 0.3) is 0 Å². The Morgan fingerprint density at radius 2 is 1.58 bits per heavy atom. The Labute approximate surface area is 180 Å². The number of nitrogens with one attached hydrogen (secondary N) is 2. The number of ether oxygens (including phenoxy) is 2. The monoisotopic (exact) mass is 426 g/mol. The summed E-state index contributed by atoms with van der Waals surface area (Å²) in [6, 6.07) is 14.4. The van der Waals surface area contributed by atoms with Crippen LogP contribution >= 0.6 is 0 Å². The average molecular weight is 426 g/mol. The third-order valence-corrected chi connectivity index (χ3v) is 5.23. The van der Waals surface area contributed by atoms with E-state index in [9.17, 15) is 19.5 Å².